The van der Waals surface area contributed by atoms with Gasteiger partial charge in [-0.1, -0.05) is 0 Å². The molecule has 0 aliphatic carbocycles. The first-order valence-corrected chi connectivity index (χ1v) is 6.68. The largest absolute Gasteiger partial charge is 0.369 e. The standard InChI is InChI=1S/C13H16N4S/c1-4-15-11-7-14-8-13(17-11)18-12-6-9(2)5-10(3)16-12/h5-8H,4H2,1-3H3,(H,15,17). The molecule has 0 atom stereocenters. The normalized spacial score (nSPS) is 10.4. The van der Waals surface area contributed by atoms with Gasteiger partial charge in [0.15, 0.2) is 0 Å². The van der Waals surface area contributed by atoms with Crippen LogP contribution in [0.4, 0.5) is 5.82 Å². The fraction of sp³-hybridized carbons (Fsp3) is 0.308. The van der Waals surface area contributed by atoms with Gasteiger partial charge in [0.25, 0.3) is 0 Å². The van der Waals surface area contributed by atoms with E-state index in [1.54, 1.807) is 12.4 Å². The number of pyridine rings is 1. The summed E-state index contributed by atoms with van der Waals surface area (Å²) in [4.78, 5) is 13.1. The molecule has 0 amide bonds. The van der Waals surface area contributed by atoms with Gasteiger partial charge in [0, 0.05) is 12.2 Å². The molecule has 1 N–H and O–H groups in total. The van der Waals surface area contributed by atoms with Crippen molar-refractivity contribution >= 4 is 17.6 Å². The number of nitrogens with zero attached hydrogens (tertiary/aromatic N) is 3. The van der Waals surface area contributed by atoms with Crippen LogP contribution >= 0.6 is 11.8 Å². The molecule has 0 bridgehead atoms. The van der Waals surface area contributed by atoms with Gasteiger partial charge in [-0.05, 0) is 50.2 Å². The van der Waals surface area contributed by atoms with Gasteiger partial charge in [-0.15, -0.1) is 0 Å². The van der Waals surface area contributed by atoms with E-state index in [0.717, 1.165) is 28.1 Å². The third-order valence-corrected chi connectivity index (χ3v) is 3.08. The maximum absolute atomic E-state index is 4.48. The van der Waals surface area contributed by atoms with Crippen LogP contribution < -0.4 is 5.32 Å². The van der Waals surface area contributed by atoms with E-state index in [9.17, 15) is 0 Å². The Labute approximate surface area is 111 Å². The van der Waals surface area contributed by atoms with Crippen LogP contribution in [0, 0.1) is 13.8 Å². The van der Waals surface area contributed by atoms with Gasteiger partial charge in [0.1, 0.15) is 15.9 Å². The number of nitrogens with one attached hydrogen (secondary N) is 1. The molecule has 0 aliphatic heterocycles. The molecule has 0 aromatic carbocycles. The number of aryl methyl sites for hydroxylation is 2. The summed E-state index contributed by atoms with van der Waals surface area (Å²) in [5.41, 5.74) is 2.23. The Morgan fingerprint density at radius 3 is 2.67 bits per heavy atom. The summed E-state index contributed by atoms with van der Waals surface area (Å²) >= 11 is 1.53. The second-order valence-corrected chi connectivity index (χ2v) is 5.04. The van der Waals surface area contributed by atoms with Crippen LogP contribution in [-0.2, 0) is 0 Å². The van der Waals surface area contributed by atoms with Crippen LogP contribution in [0.1, 0.15) is 18.2 Å². The summed E-state index contributed by atoms with van der Waals surface area (Å²) in [5.74, 6) is 0.798. The number of hydrogen-bond donors (Lipinski definition) is 1. The molecule has 2 rings (SSSR count). The van der Waals surface area contributed by atoms with Crippen LogP contribution in [0.25, 0.3) is 0 Å². The van der Waals surface area contributed by atoms with Crippen LogP contribution in [0.5, 0.6) is 0 Å². The molecule has 0 saturated heterocycles. The van der Waals surface area contributed by atoms with Gasteiger partial charge in [-0.2, -0.15) is 0 Å². The fourth-order valence-corrected chi connectivity index (χ4v) is 2.53. The van der Waals surface area contributed by atoms with Gasteiger partial charge < -0.3 is 5.32 Å². The SMILES string of the molecule is CCNc1cncc(Sc2cc(C)cc(C)n2)n1. The monoisotopic (exact) mass is 260 g/mol. The lowest BCUT2D eigenvalue weighted by Crippen LogP contribution is -2.00. The molecule has 94 valence electrons. The fourth-order valence-electron chi connectivity index (χ4n) is 1.63. The lowest BCUT2D eigenvalue weighted by molar-refractivity contribution is 1.01. The van der Waals surface area contributed by atoms with E-state index in [0.29, 0.717) is 0 Å². The van der Waals surface area contributed by atoms with E-state index in [1.807, 2.05) is 13.8 Å². The predicted octanol–water partition coefficient (Wildman–Crippen LogP) is 3.07. The van der Waals surface area contributed by atoms with Crippen molar-refractivity contribution in [2.24, 2.45) is 0 Å². The van der Waals surface area contributed by atoms with Gasteiger partial charge in [0.05, 0.1) is 12.4 Å². The maximum Gasteiger partial charge on any atom is 0.145 e. The topological polar surface area (TPSA) is 50.7 Å². The molecule has 5 heteroatoms. The first-order chi connectivity index (χ1) is 8.67. The Hall–Kier alpha value is -1.62. The number of rotatable bonds is 4. The van der Waals surface area contributed by atoms with E-state index in [4.69, 9.17) is 0 Å². The Bertz CT molecular complexity index is 522. The Balaban J connectivity index is 2.20. The summed E-state index contributed by atoms with van der Waals surface area (Å²) in [6, 6.07) is 4.12. The third kappa shape index (κ3) is 3.43. The summed E-state index contributed by atoms with van der Waals surface area (Å²) in [5, 5.41) is 4.96. The van der Waals surface area contributed by atoms with E-state index in [-0.39, 0.29) is 0 Å². The van der Waals surface area contributed by atoms with Crippen molar-refractivity contribution in [1.29, 1.82) is 0 Å². The van der Waals surface area contributed by atoms with Crippen LogP contribution in [0.3, 0.4) is 0 Å². The molecular formula is C13H16N4S. The molecule has 0 aliphatic rings. The third-order valence-electron chi connectivity index (χ3n) is 2.25. The average Bonchev–Trinajstić information content (AvgIpc) is 2.28. The molecular weight excluding hydrogens is 244 g/mol. The molecule has 0 unspecified atom stereocenters. The van der Waals surface area contributed by atoms with Crippen molar-refractivity contribution < 1.29 is 0 Å². The molecule has 2 aromatic rings. The second kappa shape index (κ2) is 5.82. The molecule has 18 heavy (non-hydrogen) atoms. The van der Waals surface area contributed by atoms with Gasteiger partial charge in [-0.3, -0.25) is 4.98 Å². The quantitative estimate of drug-likeness (QED) is 0.915. The Morgan fingerprint density at radius 2 is 1.94 bits per heavy atom. The zero-order chi connectivity index (χ0) is 13.0. The highest BCUT2D eigenvalue weighted by atomic mass is 32.2. The summed E-state index contributed by atoms with van der Waals surface area (Å²) in [6.07, 6.45) is 3.48. The minimum atomic E-state index is 0.798. The predicted molar refractivity (Wildman–Crippen MR) is 74.0 cm³/mol. The minimum absolute atomic E-state index is 0.798. The van der Waals surface area contributed by atoms with Crippen molar-refractivity contribution in [1.82, 2.24) is 15.0 Å². The molecule has 0 radical (unpaired) electrons. The highest BCUT2D eigenvalue weighted by molar-refractivity contribution is 7.99. The summed E-state index contributed by atoms with van der Waals surface area (Å²) < 4.78 is 0. The van der Waals surface area contributed by atoms with E-state index >= 15 is 0 Å². The Morgan fingerprint density at radius 1 is 1.11 bits per heavy atom. The van der Waals surface area contributed by atoms with Crippen molar-refractivity contribution in [3.8, 4) is 0 Å². The molecule has 2 heterocycles. The lowest BCUT2D eigenvalue weighted by Gasteiger charge is -2.05. The smallest absolute Gasteiger partial charge is 0.145 e. The lowest BCUT2D eigenvalue weighted by atomic mass is 10.3. The van der Waals surface area contributed by atoms with Crippen molar-refractivity contribution in [3.05, 3.63) is 35.8 Å². The van der Waals surface area contributed by atoms with E-state index in [1.165, 1.54) is 17.3 Å². The number of hydrogen-bond acceptors (Lipinski definition) is 5. The molecule has 0 saturated carbocycles. The summed E-state index contributed by atoms with van der Waals surface area (Å²) in [7, 11) is 0. The first-order valence-electron chi connectivity index (χ1n) is 5.86. The average molecular weight is 260 g/mol. The van der Waals surface area contributed by atoms with E-state index in [2.05, 4.69) is 39.3 Å². The first kappa shape index (κ1) is 12.8. The molecule has 0 spiro atoms. The highest BCUT2D eigenvalue weighted by Gasteiger charge is 2.03. The van der Waals surface area contributed by atoms with Crippen molar-refractivity contribution in [2.75, 3.05) is 11.9 Å². The van der Waals surface area contributed by atoms with E-state index < -0.39 is 0 Å². The zero-order valence-corrected chi connectivity index (χ0v) is 11.6. The van der Waals surface area contributed by atoms with Gasteiger partial charge in [0.2, 0.25) is 0 Å². The highest BCUT2D eigenvalue weighted by Crippen LogP contribution is 2.25. The second-order valence-electron chi connectivity index (χ2n) is 4.00. The van der Waals surface area contributed by atoms with Gasteiger partial charge in [-0.25, -0.2) is 9.97 Å². The number of aromatic nitrogens is 3. The van der Waals surface area contributed by atoms with Gasteiger partial charge >= 0.3 is 0 Å². The van der Waals surface area contributed by atoms with Crippen molar-refractivity contribution in [2.45, 2.75) is 30.8 Å². The van der Waals surface area contributed by atoms with Crippen LogP contribution in [0.15, 0.2) is 34.6 Å². The van der Waals surface area contributed by atoms with Crippen LogP contribution in [0.2, 0.25) is 0 Å². The van der Waals surface area contributed by atoms with Crippen LogP contribution in [-0.4, -0.2) is 21.5 Å². The van der Waals surface area contributed by atoms with Crippen molar-refractivity contribution in [3.63, 3.8) is 0 Å². The maximum atomic E-state index is 4.48. The Kier molecular flexibility index (Phi) is 4.15. The zero-order valence-electron chi connectivity index (χ0n) is 10.8. The molecule has 4 nitrogen and oxygen atoms in total. The molecule has 2 aromatic heterocycles. The minimum Gasteiger partial charge on any atom is -0.369 e. The summed E-state index contributed by atoms with van der Waals surface area (Å²) in [6.45, 7) is 6.94. The number of anilines is 1. The molecule has 0 fully saturated rings.